The van der Waals surface area contributed by atoms with E-state index in [1.807, 2.05) is 0 Å². The van der Waals surface area contributed by atoms with Crippen LogP contribution >= 0.6 is 23.2 Å². The molecule has 0 aromatic heterocycles. The van der Waals surface area contributed by atoms with Crippen molar-refractivity contribution < 1.29 is 23.9 Å². The molecule has 0 unspecified atom stereocenters. The minimum atomic E-state index is -0.741. The lowest BCUT2D eigenvalue weighted by Crippen LogP contribution is -2.22. The maximum Gasteiger partial charge on any atom is 0.347 e. The summed E-state index contributed by atoms with van der Waals surface area (Å²) in [7, 11) is 1.57. The molecular weight excluding hydrogens is 395 g/mol. The van der Waals surface area contributed by atoms with Crippen molar-refractivity contribution in [3.63, 3.8) is 0 Å². The van der Waals surface area contributed by atoms with Crippen LogP contribution < -0.4 is 10.1 Å². The van der Waals surface area contributed by atoms with Crippen molar-refractivity contribution in [3.05, 3.63) is 58.1 Å². The predicted molar refractivity (Wildman–Crippen MR) is 103 cm³/mol. The summed E-state index contributed by atoms with van der Waals surface area (Å²) in [6.07, 6.45) is 1.43. The third-order valence-electron chi connectivity index (χ3n) is 3.14. The SMILES string of the molecule is COc1ccc(/C=N\OCC(=O)OCC(=O)Nc2cc(Cl)ccc2Cl)cc1. The number of carbonyl (C=O) groups excluding carboxylic acids is 2. The van der Waals surface area contributed by atoms with Gasteiger partial charge in [-0.2, -0.15) is 0 Å². The molecule has 0 fully saturated rings. The van der Waals surface area contributed by atoms with Gasteiger partial charge in [-0.15, -0.1) is 0 Å². The molecule has 2 aromatic carbocycles. The highest BCUT2D eigenvalue weighted by Gasteiger charge is 2.10. The monoisotopic (exact) mass is 410 g/mol. The zero-order chi connectivity index (χ0) is 19.6. The number of oxime groups is 1. The second-order valence-corrected chi connectivity index (χ2v) is 5.96. The van der Waals surface area contributed by atoms with Crippen LogP contribution in [0.2, 0.25) is 10.0 Å². The molecule has 1 N–H and O–H groups in total. The molecule has 0 aliphatic carbocycles. The third-order valence-corrected chi connectivity index (χ3v) is 3.71. The van der Waals surface area contributed by atoms with Crippen molar-refractivity contribution in [2.75, 3.05) is 25.6 Å². The molecule has 1 amide bonds. The number of anilines is 1. The van der Waals surface area contributed by atoms with Gasteiger partial charge in [0.05, 0.1) is 24.0 Å². The fourth-order valence-electron chi connectivity index (χ4n) is 1.85. The third kappa shape index (κ3) is 7.16. The molecular formula is C18H16Cl2N2O5. The lowest BCUT2D eigenvalue weighted by Gasteiger charge is -2.08. The number of hydrogen-bond acceptors (Lipinski definition) is 6. The highest BCUT2D eigenvalue weighted by Crippen LogP contribution is 2.25. The van der Waals surface area contributed by atoms with Crippen LogP contribution in [0.1, 0.15) is 5.56 Å². The van der Waals surface area contributed by atoms with E-state index in [0.717, 1.165) is 5.56 Å². The van der Waals surface area contributed by atoms with E-state index in [1.165, 1.54) is 12.3 Å². The maximum atomic E-state index is 11.8. The van der Waals surface area contributed by atoms with E-state index in [4.69, 9.17) is 37.5 Å². The summed E-state index contributed by atoms with van der Waals surface area (Å²) in [6, 6.07) is 11.7. The van der Waals surface area contributed by atoms with Crippen molar-refractivity contribution in [3.8, 4) is 5.75 Å². The fraction of sp³-hybridized carbons (Fsp3) is 0.167. The number of carbonyl (C=O) groups is 2. The zero-order valence-electron chi connectivity index (χ0n) is 14.3. The van der Waals surface area contributed by atoms with Crippen molar-refractivity contribution in [2.24, 2.45) is 5.16 Å². The first-order valence-electron chi connectivity index (χ1n) is 7.68. The van der Waals surface area contributed by atoms with E-state index in [2.05, 4.69) is 10.5 Å². The van der Waals surface area contributed by atoms with Gasteiger partial charge in [-0.05, 0) is 48.0 Å². The Morgan fingerprint density at radius 1 is 1.11 bits per heavy atom. The van der Waals surface area contributed by atoms with Crippen molar-refractivity contribution in [1.82, 2.24) is 0 Å². The number of rotatable bonds is 8. The van der Waals surface area contributed by atoms with Gasteiger partial charge in [-0.25, -0.2) is 4.79 Å². The predicted octanol–water partition coefficient (Wildman–Crippen LogP) is 3.53. The second-order valence-electron chi connectivity index (χ2n) is 5.11. The zero-order valence-corrected chi connectivity index (χ0v) is 15.8. The molecule has 0 saturated carbocycles. The Hall–Kier alpha value is -2.77. The van der Waals surface area contributed by atoms with Gasteiger partial charge in [0.1, 0.15) is 5.75 Å². The maximum absolute atomic E-state index is 11.8. The van der Waals surface area contributed by atoms with E-state index in [-0.39, 0.29) is 0 Å². The summed E-state index contributed by atoms with van der Waals surface area (Å²) in [5.74, 6) is -0.586. The topological polar surface area (TPSA) is 86.2 Å². The number of esters is 1. The van der Waals surface area contributed by atoms with Gasteiger partial charge in [-0.3, -0.25) is 4.79 Å². The summed E-state index contributed by atoms with van der Waals surface area (Å²) in [5, 5.41) is 6.87. The lowest BCUT2D eigenvalue weighted by molar-refractivity contribution is -0.151. The molecule has 0 aliphatic rings. The van der Waals surface area contributed by atoms with Gasteiger partial charge in [0.25, 0.3) is 5.91 Å². The van der Waals surface area contributed by atoms with E-state index >= 15 is 0 Å². The summed E-state index contributed by atoms with van der Waals surface area (Å²) < 4.78 is 9.83. The van der Waals surface area contributed by atoms with Crippen LogP contribution in [0.25, 0.3) is 0 Å². The van der Waals surface area contributed by atoms with E-state index < -0.39 is 25.1 Å². The van der Waals surface area contributed by atoms with E-state index in [0.29, 0.717) is 21.5 Å². The number of amides is 1. The lowest BCUT2D eigenvalue weighted by atomic mass is 10.2. The molecule has 9 heteroatoms. The first-order valence-corrected chi connectivity index (χ1v) is 8.43. The Bertz CT molecular complexity index is 825. The number of nitrogens with zero attached hydrogens (tertiary/aromatic N) is 1. The number of methoxy groups -OCH3 is 1. The van der Waals surface area contributed by atoms with Crippen LogP contribution in [-0.2, 0) is 19.2 Å². The fourth-order valence-corrected chi connectivity index (χ4v) is 2.18. The first kappa shape index (κ1) is 20.5. The Morgan fingerprint density at radius 2 is 1.85 bits per heavy atom. The van der Waals surface area contributed by atoms with Gasteiger partial charge < -0.3 is 19.6 Å². The largest absolute Gasteiger partial charge is 0.497 e. The van der Waals surface area contributed by atoms with Crippen LogP contribution in [0.4, 0.5) is 5.69 Å². The standard InChI is InChI=1S/C18H16Cl2N2O5/c1-25-14-5-2-12(3-6-14)9-21-27-11-18(24)26-10-17(23)22-16-8-13(19)4-7-15(16)20/h2-9H,10-11H2,1H3,(H,22,23)/b21-9-. The van der Waals surface area contributed by atoms with Gasteiger partial charge in [0.2, 0.25) is 6.61 Å². The first-order chi connectivity index (χ1) is 13.0. The van der Waals surface area contributed by atoms with Crippen molar-refractivity contribution in [2.45, 2.75) is 0 Å². The van der Waals surface area contributed by atoms with Crippen LogP contribution in [0.3, 0.4) is 0 Å². The molecule has 0 radical (unpaired) electrons. The number of nitrogens with one attached hydrogen (secondary N) is 1. The van der Waals surface area contributed by atoms with Crippen LogP contribution in [0, 0.1) is 0 Å². The molecule has 27 heavy (non-hydrogen) atoms. The van der Waals surface area contributed by atoms with Crippen LogP contribution in [0.5, 0.6) is 5.75 Å². The smallest absolute Gasteiger partial charge is 0.347 e. The summed E-state index contributed by atoms with van der Waals surface area (Å²) in [6.45, 7) is -0.926. The number of halogens is 2. The number of hydrogen-bond donors (Lipinski definition) is 1. The van der Waals surface area contributed by atoms with Crippen LogP contribution in [-0.4, -0.2) is 38.4 Å². The molecule has 2 rings (SSSR count). The quantitative estimate of drug-likeness (QED) is 0.408. The molecule has 0 bridgehead atoms. The summed E-state index contributed by atoms with van der Waals surface area (Å²) in [4.78, 5) is 28.2. The molecule has 142 valence electrons. The van der Waals surface area contributed by atoms with Gasteiger partial charge >= 0.3 is 5.97 Å². The molecule has 7 nitrogen and oxygen atoms in total. The molecule has 0 saturated heterocycles. The number of benzene rings is 2. The Kier molecular flexibility index (Phi) is 7.91. The van der Waals surface area contributed by atoms with Gasteiger partial charge in [0, 0.05) is 5.02 Å². The average Bonchev–Trinajstić information content (AvgIpc) is 2.67. The highest BCUT2D eigenvalue weighted by molar-refractivity contribution is 6.35. The Balaban J connectivity index is 1.70. The second kappa shape index (κ2) is 10.4. The molecule has 0 aliphatic heterocycles. The molecule has 2 aromatic rings. The Morgan fingerprint density at radius 3 is 2.56 bits per heavy atom. The minimum Gasteiger partial charge on any atom is -0.497 e. The highest BCUT2D eigenvalue weighted by atomic mass is 35.5. The number of ether oxygens (including phenoxy) is 2. The Labute approximate surface area is 165 Å². The molecule has 0 atom stereocenters. The summed E-state index contributed by atoms with van der Waals surface area (Å²) in [5.41, 5.74) is 1.09. The van der Waals surface area contributed by atoms with E-state index in [1.54, 1.807) is 43.5 Å². The minimum absolute atomic E-state index is 0.315. The molecule has 0 heterocycles. The van der Waals surface area contributed by atoms with Crippen LogP contribution in [0.15, 0.2) is 47.6 Å². The van der Waals surface area contributed by atoms with Gasteiger partial charge in [-0.1, -0.05) is 28.4 Å². The molecule has 0 spiro atoms. The van der Waals surface area contributed by atoms with Crippen molar-refractivity contribution in [1.29, 1.82) is 0 Å². The van der Waals surface area contributed by atoms with Gasteiger partial charge in [0.15, 0.2) is 6.61 Å². The van der Waals surface area contributed by atoms with Crippen molar-refractivity contribution >= 4 is 47.0 Å². The summed E-state index contributed by atoms with van der Waals surface area (Å²) >= 11 is 11.8. The average molecular weight is 411 g/mol. The normalized spacial score (nSPS) is 10.5. The van der Waals surface area contributed by atoms with E-state index in [9.17, 15) is 9.59 Å².